The van der Waals surface area contributed by atoms with Gasteiger partial charge in [-0.05, 0) is 51.4 Å². The SMILES string of the molecule is CC/C=C\C/C=C\C/C=C\C/C=C\CCCCCCCCCCCCC(=O)OC(COC(=O)CCCCCCCCCCCCCCCCCCCCCCCCCC)COP(=O)([O-])OCC[N+](C)(C)C. The number of rotatable bonds is 55. The number of likely N-dealkylation sites (N-methyl/N-ethyl adjacent to an activating group) is 1. The molecule has 9 nitrogen and oxygen atoms in total. The van der Waals surface area contributed by atoms with E-state index < -0.39 is 26.5 Å². The molecule has 0 aliphatic rings. The number of hydrogen-bond donors (Lipinski definition) is 0. The Bertz CT molecular complexity index is 1340. The van der Waals surface area contributed by atoms with Crippen molar-refractivity contribution in [2.45, 2.75) is 283 Å². The van der Waals surface area contributed by atoms with Crippen LogP contribution in [0.4, 0.5) is 0 Å². The zero-order chi connectivity index (χ0) is 52.0. The number of nitrogens with zero attached hydrogens (tertiary/aromatic N) is 1. The number of carbonyl (C=O) groups is 2. The van der Waals surface area contributed by atoms with Gasteiger partial charge in [0.05, 0.1) is 27.7 Å². The van der Waals surface area contributed by atoms with Crippen molar-refractivity contribution in [2.75, 3.05) is 47.5 Å². The zero-order valence-corrected chi connectivity index (χ0v) is 48.1. The van der Waals surface area contributed by atoms with E-state index in [-0.39, 0.29) is 32.0 Å². The van der Waals surface area contributed by atoms with Crippen molar-refractivity contribution in [1.82, 2.24) is 0 Å². The monoisotopic (exact) mass is 1020 g/mol. The molecule has 0 amide bonds. The van der Waals surface area contributed by atoms with E-state index in [1.54, 1.807) is 0 Å². The van der Waals surface area contributed by atoms with E-state index in [0.29, 0.717) is 17.4 Å². The first kappa shape index (κ1) is 69.0. The highest BCUT2D eigenvalue weighted by molar-refractivity contribution is 7.45. The molecule has 0 aliphatic carbocycles. The van der Waals surface area contributed by atoms with Gasteiger partial charge in [0.15, 0.2) is 6.10 Å². The average Bonchev–Trinajstić information content (AvgIpc) is 3.33. The summed E-state index contributed by atoms with van der Waals surface area (Å²) in [5.74, 6) is -0.826. The molecule has 0 aliphatic heterocycles. The number of carbonyl (C=O) groups excluding carboxylic acids is 2. The minimum Gasteiger partial charge on any atom is -0.756 e. The molecule has 416 valence electrons. The van der Waals surface area contributed by atoms with E-state index in [1.165, 1.54) is 173 Å². The summed E-state index contributed by atoms with van der Waals surface area (Å²) in [4.78, 5) is 37.9. The Kier molecular flexibility index (Phi) is 51.3. The highest BCUT2D eigenvalue weighted by Gasteiger charge is 2.22. The summed E-state index contributed by atoms with van der Waals surface area (Å²) < 4.78 is 34.2. The Balaban J connectivity index is 4.13. The van der Waals surface area contributed by atoms with Crippen LogP contribution >= 0.6 is 7.82 Å². The van der Waals surface area contributed by atoms with Gasteiger partial charge < -0.3 is 27.9 Å². The second kappa shape index (κ2) is 52.8. The number of phosphoric ester groups is 1. The molecular formula is C61H114NO8P. The highest BCUT2D eigenvalue weighted by atomic mass is 31.2. The quantitative estimate of drug-likeness (QED) is 0.0195. The summed E-state index contributed by atoms with van der Waals surface area (Å²) in [6.45, 7) is 4.17. The van der Waals surface area contributed by atoms with Gasteiger partial charge in [-0.1, -0.05) is 262 Å². The van der Waals surface area contributed by atoms with Crippen molar-refractivity contribution in [1.29, 1.82) is 0 Å². The maximum Gasteiger partial charge on any atom is 0.306 e. The molecule has 0 spiro atoms. The fourth-order valence-electron chi connectivity index (χ4n) is 8.53. The lowest BCUT2D eigenvalue weighted by Crippen LogP contribution is -2.37. The second-order valence-corrected chi connectivity index (χ2v) is 22.8. The lowest BCUT2D eigenvalue weighted by molar-refractivity contribution is -0.870. The lowest BCUT2D eigenvalue weighted by atomic mass is 10.0. The highest BCUT2D eigenvalue weighted by Crippen LogP contribution is 2.38. The van der Waals surface area contributed by atoms with Gasteiger partial charge in [0.25, 0.3) is 7.82 Å². The molecule has 0 aromatic carbocycles. The van der Waals surface area contributed by atoms with Gasteiger partial charge in [0, 0.05) is 12.8 Å². The molecule has 0 fully saturated rings. The summed E-state index contributed by atoms with van der Waals surface area (Å²) in [6, 6.07) is 0. The second-order valence-electron chi connectivity index (χ2n) is 21.3. The van der Waals surface area contributed by atoms with Crippen LogP contribution in [-0.2, 0) is 32.7 Å². The van der Waals surface area contributed by atoms with Gasteiger partial charge in [0.1, 0.15) is 19.8 Å². The number of allylic oxidation sites excluding steroid dienone is 8. The minimum absolute atomic E-state index is 0.0312. The molecule has 0 aromatic rings. The van der Waals surface area contributed by atoms with Crippen LogP contribution in [0.15, 0.2) is 48.6 Å². The van der Waals surface area contributed by atoms with Gasteiger partial charge in [-0.2, -0.15) is 0 Å². The molecule has 0 N–H and O–H groups in total. The fourth-order valence-corrected chi connectivity index (χ4v) is 9.26. The Morgan fingerprint density at radius 3 is 1.20 bits per heavy atom. The predicted octanol–water partition coefficient (Wildman–Crippen LogP) is 17.9. The molecule has 2 unspecified atom stereocenters. The molecule has 2 atom stereocenters. The van der Waals surface area contributed by atoms with Crippen LogP contribution < -0.4 is 4.89 Å². The van der Waals surface area contributed by atoms with Gasteiger partial charge in [-0.3, -0.25) is 14.2 Å². The first-order valence-corrected chi connectivity index (χ1v) is 31.3. The molecule has 0 radical (unpaired) electrons. The van der Waals surface area contributed by atoms with Crippen LogP contribution in [0, 0.1) is 0 Å². The van der Waals surface area contributed by atoms with Gasteiger partial charge >= 0.3 is 11.9 Å². The predicted molar refractivity (Wildman–Crippen MR) is 300 cm³/mol. The Morgan fingerprint density at radius 1 is 0.451 bits per heavy atom. The van der Waals surface area contributed by atoms with Crippen LogP contribution in [0.25, 0.3) is 0 Å². The summed E-state index contributed by atoms with van der Waals surface area (Å²) >= 11 is 0. The normalized spacial score (nSPS) is 13.6. The fraction of sp³-hybridized carbons (Fsp3) is 0.836. The number of hydrogen-bond acceptors (Lipinski definition) is 8. The van der Waals surface area contributed by atoms with E-state index in [4.69, 9.17) is 18.5 Å². The number of ether oxygens (including phenoxy) is 2. The van der Waals surface area contributed by atoms with Crippen molar-refractivity contribution in [2.24, 2.45) is 0 Å². The maximum atomic E-state index is 12.8. The van der Waals surface area contributed by atoms with Crippen molar-refractivity contribution < 1.29 is 42.1 Å². The molecule has 0 saturated heterocycles. The molecular weight excluding hydrogens is 906 g/mol. The van der Waals surface area contributed by atoms with Gasteiger partial charge in [-0.25, -0.2) is 0 Å². The molecule has 0 heterocycles. The Labute approximate surface area is 439 Å². The first-order chi connectivity index (χ1) is 34.5. The van der Waals surface area contributed by atoms with E-state index >= 15 is 0 Å². The Morgan fingerprint density at radius 2 is 0.803 bits per heavy atom. The average molecular weight is 1020 g/mol. The van der Waals surface area contributed by atoms with Crippen molar-refractivity contribution in [3.8, 4) is 0 Å². The molecule has 10 heteroatoms. The van der Waals surface area contributed by atoms with Crippen LogP contribution in [-0.4, -0.2) is 70.0 Å². The summed E-state index contributed by atoms with van der Waals surface area (Å²) in [6.07, 6.45) is 65.9. The number of esters is 2. The molecule has 0 saturated carbocycles. The van der Waals surface area contributed by atoms with E-state index in [0.717, 1.165) is 70.6 Å². The summed E-state index contributed by atoms with van der Waals surface area (Å²) in [5.41, 5.74) is 0. The molecule has 0 bridgehead atoms. The van der Waals surface area contributed by atoms with Gasteiger partial charge in [-0.15, -0.1) is 0 Å². The summed E-state index contributed by atoms with van der Waals surface area (Å²) in [5, 5.41) is 0. The van der Waals surface area contributed by atoms with Crippen molar-refractivity contribution >= 4 is 19.8 Å². The van der Waals surface area contributed by atoms with Gasteiger partial charge in [0.2, 0.25) is 0 Å². The minimum atomic E-state index is -4.64. The number of quaternary nitrogens is 1. The topological polar surface area (TPSA) is 111 Å². The maximum absolute atomic E-state index is 12.8. The smallest absolute Gasteiger partial charge is 0.306 e. The Hall–Kier alpha value is -2.03. The van der Waals surface area contributed by atoms with Crippen molar-refractivity contribution in [3.05, 3.63) is 48.6 Å². The number of unbranched alkanes of at least 4 members (excludes halogenated alkanes) is 33. The number of phosphoric acid groups is 1. The van der Waals surface area contributed by atoms with Crippen LogP contribution in [0.2, 0.25) is 0 Å². The molecule has 0 aromatic heterocycles. The largest absolute Gasteiger partial charge is 0.756 e. The van der Waals surface area contributed by atoms with E-state index in [2.05, 4.69) is 62.5 Å². The third-order valence-electron chi connectivity index (χ3n) is 13.1. The van der Waals surface area contributed by atoms with Crippen LogP contribution in [0.5, 0.6) is 0 Å². The zero-order valence-electron chi connectivity index (χ0n) is 47.2. The lowest BCUT2D eigenvalue weighted by Gasteiger charge is -2.28. The van der Waals surface area contributed by atoms with Crippen LogP contribution in [0.3, 0.4) is 0 Å². The molecule has 71 heavy (non-hydrogen) atoms. The van der Waals surface area contributed by atoms with E-state index in [9.17, 15) is 19.0 Å². The first-order valence-electron chi connectivity index (χ1n) is 29.8. The van der Waals surface area contributed by atoms with Crippen LogP contribution in [0.1, 0.15) is 277 Å². The molecule has 0 rings (SSSR count). The standard InChI is InChI=1S/C61H114NO8P/c1-6-8-10-12-14-16-18-20-22-24-26-28-30-32-33-35-37-39-41-43-45-47-49-51-53-60(63)67-57-59(58-69-71(65,66)68-56-55-62(3,4)5)70-61(64)54-52-50-48-46-44-42-40-38-36-34-31-29-27-25-23-21-19-17-15-13-11-9-7-2/h9,11,15,17,21,23,27,29,59H,6-8,10,12-14,16,18-20,22,24-26,28,30-58H2,1-5H3/b11-9-,17-15-,23-21-,29-27-. The third-order valence-corrected chi connectivity index (χ3v) is 14.1. The van der Waals surface area contributed by atoms with Crippen molar-refractivity contribution in [3.63, 3.8) is 0 Å². The summed E-state index contributed by atoms with van der Waals surface area (Å²) in [7, 11) is 1.17. The van der Waals surface area contributed by atoms with E-state index in [1.807, 2.05) is 21.1 Å². The third kappa shape index (κ3) is 57.1.